The number of rotatable bonds is 6. The van der Waals surface area contributed by atoms with Gasteiger partial charge in [0.15, 0.2) is 11.6 Å². The van der Waals surface area contributed by atoms with E-state index in [4.69, 9.17) is 0 Å². The van der Waals surface area contributed by atoms with Crippen LogP contribution in [-0.4, -0.2) is 57.0 Å². The summed E-state index contributed by atoms with van der Waals surface area (Å²) in [6.07, 6.45) is 2.44. The van der Waals surface area contributed by atoms with Gasteiger partial charge in [-0.15, -0.1) is 10.2 Å². The molecule has 0 unspecified atom stereocenters. The highest BCUT2D eigenvalue weighted by atomic mass is 16.2. The molecule has 0 radical (unpaired) electrons. The van der Waals surface area contributed by atoms with Gasteiger partial charge in [-0.05, 0) is 50.5 Å². The Hall–Kier alpha value is -3.22. The van der Waals surface area contributed by atoms with Gasteiger partial charge in [0, 0.05) is 38.3 Å². The molecule has 3 aromatic rings. The molecule has 30 heavy (non-hydrogen) atoms. The summed E-state index contributed by atoms with van der Waals surface area (Å²) in [5.74, 6) is 1.81. The van der Waals surface area contributed by atoms with E-state index in [9.17, 15) is 4.79 Å². The van der Waals surface area contributed by atoms with E-state index >= 15 is 0 Å². The summed E-state index contributed by atoms with van der Waals surface area (Å²) >= 11 is 0. The number of benzene rings is 1. The van der Waals surface area contributed by atoms with E-state index in [1.165, 1.54) is 5.56 Å². The van der Waals surface area contributed by atoms with E-state index in [0.717, 1.165) is 62.0 Å². The molecular weight excluding hydrogens is 376 g/mol. The predicted octanol–water partition coefficient (Wildman–Crippen LogP) is 2.95. The van der Waals surface area contributed by atoms with Crippen molar-refractivity contribution in [3.63, 3.8) is 0 Å². The quantitative estimate of drug-likeness (QED) is 0.632. The van der Waals surface area contributed by atoms with Crippen LogP contribution in [0.25, 0.3) is 5.82 Å². The van der Waals surface area contributed by atoms with Crippen molar-refractivity contribution in [2.45, 2.75) is 33.1 Å². The van der Waals surface area contributed by atoms with Crippen LogP contribution >= 0.6 is 0 Å². The average molecular weight is 405 g/mol. The minimum atomic E-state index is 0.247. The maximum Gasteiger partial charge on any atom is 0.222 e. The number of aromatic nitrogens is 4. The molecule has 0 bridgehead atoms. The summed E-state index contributed by atoms with van der Waals surface area (Å²) in [7, 11) is 0. The lowest BCUT2D eigenvalue weighted by atomic mass is 10.1. The fraction of sp³-hybridized carbons (Fsp3) is 0.391. The van der Waals surface area contributed by atoms with Crippen LogP contribution in [0.5, 0.6) is 0 Å². The molecule has 0 atom stereocenters. The van der Waals surface area contributed by atoms with Gasteiger partial charge in [0.05, 0.1) is 5.69 Å². The Morgan fingerprint density at radius 1 is 0.933 bits per heavy atom. The highest BCUT2D eigenvalue weighted by molar-refractivity contribution is 5.76. The minimum absolute atomic E-state index is 0.247. The highest BCUT2D eigenvalue weighted by Crippen LogP contribution is 2.16. The van der Waals surface area contributed by atoms with Crippen LogP contribution in [0.3, 0.4) is 0 Å². The summed E-state index contributed by atoms with van der Waals surface area (Å²) in [6, 6.07) is 16.3. The van der Waals surface area contributed by atoms with Crippen LogP contribution in [0.1, 0.15) is 29.8 Å². The number of nitrogens with zero attached hydrogens (tertiary/aromatic N) is 6. The maximum absolute atomic E-state index is 12.5. The first-order chi connectivity index (χ1) is 14.6. The lowest BCUT2D eigenvalue weighted by Crippen LogP contribution is -2.49. The molecule has 156 valence electrons. The van der Waals surface area contributed by atoms with Crippen LogP contribution in [0.4, 0.5) is 5.82 Å². The monoisotopic (exact) mass is 404 g/mol. The largest absolute Gasteiger partial charge is 0.352 e. The van der Waals surface area contributed by atoms with Gasteiger partial charge >= 0.3 is 0 Å². The molecule has 1 aromatic carbocycles. The molecule has 4 rings (SSSR count). The number of carbonyl (C=O) groups is 1. The topological polar surface area (TPSA) is 67.2 Å². The molecule has 7 heteroatoms. The first-order valence-corrected chi connectivity index (χ1v) is 10.5. The predicted molar refractivity (Wildman–Crippen MR) is 117 cm³/mol. The van der Waals surface area contributed by atoms with E-state index in [0.29, 0.717) is 6.42 Å². The first kappa shape index (κ1) is 20.1. The van der Waals surface area contributed by atoms with Crippen LogP contribution in [-0.2, 0) is 11.2 Å². The second-order valence-electron chi connectivity index (χ2n) is 7.80. The number of amides is 1. The van der Waals surface area contributed by atoms with Crippen molar-refractivity contribution in [3.8, 4) is 5.82 Å². The molecule has 1 aliphatic rings. The van der Waals surface area contributed by atoms with Gasteiger partial charge in [0.2, 0.25) is 5.91 Å². The van der Waals surface area contributed by atoms with Crippen molar-refractivity contribution in [2.24, 2.45) is 0 Å². The summed E-state index contributed by atoms with van der Waals surface area (Å²) in [5.41, 5.74) is 3.29. The average Bonchev–Trinajstić information content (AvgIpc) is 3.12. The lowest BCUT2D eigenvalue weighted by Gasteiger charge is -2.35. The molecule has 3 heterocycles. The van der Waals surface area contributed by atoms with Crippen molar-refractivity contribution in [1.29, 1.82) is 0 Å². The summed E-state index contributed by atoms with van der Waals surface area (Å²) < 4.78 is 1.80. The number of aryl methyl sites for hydroxylation is 3. The third-order valence-corrected chi connectivity index (χ3v) is 5.52. The third-order valence-electron chi connectivity index (χ3n) is 5.52. The van der Waals surface area contributed by atoms with E-state index in [1.54, 1.807) is 4.68 Å². The number of hydrogen-bond acceptors (Lipinski definition) is 5. The molecule has 0 spiro atoms. The van der Waals surface area contributed by atoms with Gasteiger partial charge in [-0.25, -0.2) is 4.68 Å². The fourth-order valence-corrected chi connectivity index (χ4v) is 3.89. The van der Waals surface area contributed by atoms with E-state index < -0.39 is 0 Å². The normalized spacial score (nSPS) is 14.2. The molecule has 0 N–H and O–H groups in total. The van der Waals surface area contributed by atoms with E-state index in [-0.39, 0.29) is 5.91 Å². The molecule has 1 saturated heterocycles. The highest BCUT2D eigenvalue weighted by Gasteiger charge is 2.22. The van der Waals surface area contributed by atoms with Crippen molar-refractivity contribution in [1.82, 2.24) is 24.9 Å². The van der Waals surface area contributed by atoms with Gasteiger partial charge in [0.25, 0.3) is 0 Å². The smallest absolute Gasteiger partial charge is 0.222 e. The Morgan fingerprint density at radius 3 is 2.27 bits per heavy atom. The van der Waals surface area contributed by atoms with Crippen molar-refractivity contribution in [3.05, 3.63) is 65.5 Å². The zero-order valence-electron chi connectivity index (χ0n) is 17.7. The number of anilines is 1. The standard InChI is InChI=1S/C23H28N6O/c1-18-17-19(2)29(26-18)22-12-11-21(24-25-22)27-13-15-28(16-14-27)23(30)10-6-9-20-7-4-3-5-8-20/h3-5,7-8,11-12,17H,6,9-10,13-16H2,1-2H3. The third kappa shape index (κ3) is 4.67. The van der Waals surface area contributed by atoms with Crippen LogP contribution in [0.15, 0.2) is 48.5 Å². The molecule has 1 amide bonds. The van der Waals surface area contributed by atoms with E-state index in [2.05, 4.69) is 32.3 Å². The van der Waals surface area contributed by atoms with Gasteiger partial charge in [-0.1, -0.05) is 30.3 Å². The molecule has 1 aliphatic heterocycles. The minimum Gasteiger partial charge on any atom is -0.352 e. The maximum atomic E-state index is 12.5. The zero-order valence-corrected chi connectivity index (χ0v) is 17.7. The Labute approximate surface area is 177 Å². The Morgan fingerprint density at radius 2 is 1.63 bits per heavy atom. The zero-order chi connectivity index (χ0) is 20.9. The number of piperazine rings is 1. The van der Waals surface area contributed by atoms with Gasteiger partial charge in [-0.2, -0.15) is 5.10 Å². The SMILES string of the molecule is Cc1cc(C)n(-c2ccc(N3CCN(C(=O)CCCc4ccccc4)CC3)nn2)n1. The Balaban J connectivity index is 1.27. The van der Waals surface area contributed by atoms with Gasteiger partial charge in [-0.3, -0.25) is 4.79 Å². The van der Waals surface area contributed by atoms with Crippen molar-refractivity contribution in [2.75, 3.05) is 31.1 Å². The summed E-state index contributed by atoms with van der Waals surface area (Å²) in [4.78, 5) is 16.7. The summed E-state index contributed by atoms with van der Waals surface area (Å²) in [6.45, 7) is 6.98. The van der Waals surface area contributed by atoms with Gasteiger partial charge in [0.1, 0.15) is 0 Å². The van der Waals surface area contributed by atoms with Gasteiger partial charge < -0.3 is 9.80 Å². The second kappa shape index (κ2) is 9.07. The van der Waals surface area contributed by atoms with Crippen LogP contribution in [0, 0.1) is 13.8 Å². The van der Waals surface area contributed by atoms with Crippen LogP contribution in [0.2, 0.25) is 0 Å². The first-order valence-electron chi connectivity index (χ1n) is 10.5. The molecule has 2 aromatic heterocycles. The fourth-order valence-electron chi connectivity index (χ4n) is 3.89. The van der Waals surface area contributed by atoms with E-state index in [1.807, 2.05) is 55.1 Å². The number of hydrogen-bond donors (Lipinski definition) is 0. The molecule has 0 aliphatic carbocycles. The second-order valence-corrected chi connectivity index (χ2v) is 7.80. The van der Waals surface area contributed by atoms with Crippen molar-refractivity contribution < 1.29 is 4.79 Å². The molecular formula is C23H28N6O. The Kier molecular flexibility index (Phi) is 6.07. The van der Waals surface area contributed by atoms with Crippen LogP contribution < -0.4 is 4.90 Å². The lowest BCUT2D eigenvalue weighted by molar-refractivity contribution is -0.131. The molecule has 0 saturated carbocycles. The number of carbonyl (C=O) groups excluding carboxylic acids is 1. The Bertz CT molecular complexity index is 975. The van der Waals surface area contributed by atoms with Crippen molar-refractivity contribution >= 4 is 11.7 Å². The molecule has 1 fully saturated rings. The summed E-state index contributed by atoms with van der Waals surface area (Å²) in [5, 5.41) is 13.2. The molecule has 7 nitrogen and oxygen atoms in total.